The molecule has 0 aliphatic carbocycles. The first-order valence-corrected chi connectivity index (χ1v) is 11.9. The lowest BCUT2D eigenvalue weighted by molar-refractivity contribution is -0.138. The molecule has 8 heteroatoms. The number of carbonyl (C=O) groups is 2. The Kier molecular flexibility index (Phi) is 10.3. The van der Waals surface area contributed by atoms with E-state index in [1.807, 2.05) is 37.3 Å². The fourth-order valence-electron chi connectivity index (χ4n) is 2.76. The zero-order chi connectivity index (χ0) is 22.1. The van der Waals surface area contributed by atoms with Crippen molar-refractivity contribution in [3.8, 4) is 0 Å². The molecule has 30 heavy (non-hydrogen) atoms. The van der Waals surface area contributed by atoms with Crippen LogP contribution in [0.3, 0.4) is 0 Å². The van der Waals surface area contributed by atoms with Crippen molar-refractivity contribution < 1.29 is 9.59 Å². The van der Waals surface area contributed by atoms with Gasteiger partial charge in [0.1, 0.15) is 6.04 Å². The minimum atomic E-state index is -0.612. The molecule has 0 fully saturated rings. The fraction of sp³-hybridized carbons (Fsp3) is 0.364. The molecule has 0 saturated carbocycles. The third-order valence-electron chi connectivity index (χ3n) is 4.49. The highest BCUT2D eigenvalue weighted by molar-refractivity contribution is 7.99. The number of carbonyl (C=O) groups excluding carboxylic acids is 2. The van der Waals surface area contributed by atoms with E-state index in [9.17, 15) is 9.59 Å². The van der Waals surface area contributed by atoms with Gasteiger partial charge in [-0.3, -0.25) is 9.59 Å². The van der Waals surface area contributed by atoms with Crippen LogP contribution in [0.4, 0.5) is 0 Å². The average molecular weight is 488 g/mol. The van der Waals surface area contributed by atoms with E-state index in [1.54, 1.807) is 24.0 Å². The molecule has 2 aromatic rings. The van der Waals surface area contributed by atoms with E-state index in [0.717, 1.165) is 17.5 Å². The lowest BCUT2D eigenvalue weighted by atomic mass is 10.1. The lowest BCUT2D eigenvalue weighted by Gasteiger charge is -2.29. The Balaban J connectivity index is 2.10. The Morgan fingerprint density at radius 3 is 2.47 bits per heavy atom. The Morgan fingerprint density at radius 2 is 1.80 bits per heavy atom. The van der Waals surface area contributed by atoms with Crippen LogP contribution in [-0.4, -0.2) is 35.1 Å². The second-order valence-corrected chi connectivity index (χ2v) is 9.03. The Labute approximate surface area is 197 Å². The van der Waals surface area contributed by atoms with Gasteiger partial charge in [-0.05, 0) is 42.7 Å². The first-order chi connectivity index (χ1) is 14.3. The molecule has 4 nitrogen and oxygen atoms in total. The van der Waals surface area contributed by atoms with Crippen molar-refractivity contribution in [1.82, 2.24) is 10.2 Å². The number of rotatable bonds is 10. The van der Waals surface area contributed by atoms with E-state index in [2.05, 4.69) is 5.32 Å². The maximum absolute atomic E-state index is 13.0. The van der Waals surface area contributed by atoms with E-state index >= 15 is 0 Å². The summed E-state index contributed by atoms with van der Waals surface area (Å²) in [6, 6.07) is 12.2. The second kappa shape index (κ2) is 12.5. The monoisotopic (exact) mass is 486 g/mol. The maximum Gasteiger partial charge on any atom is 0.242 e. The number of hydrogen-bond donors (Lipinski definition) is 1. The van der Waals surface area contributed by atoms with Crippen LogP contribution in [0.5, 0.6) is 0 Å². The summed E-state index contributed by atoms with van der Waals surface area (Å²) in [6.07, 6.45) is 0.826. The predicted octanol–water partition coefficient (Wildman–Crippen LogP) is 5.82. The van der Waals surface area contributed by atoms with Crippen LogP contribution in [0.25, 0.3) is 0 Å². The van der Waals surface area contributed by atoms with Gasteiger partial charge in [0, 0.05) is 23.9 Å². The summed E-state index contributed by atoms with van der Waals surface area (Å²) in [5, 5.41) is 4.40. The van der Waals surface area contributed by atoms with Crippen molar-refractivity contribution in [2.75, 3.05) is 12.3 Å². The summed E-state index contributed by atoms with van der Waals surface area (Å²) in [5.41, 5.74) is 1.78. The quantitative estimate of drug-likeness (QED) is 0.459. The van der Waals surface area contributed by atoms with Crippen molar-refractivity contribution in [2.24, 2.45) is 0 Å². The molecule has 1 unspecified atom stereocenters. The number of nitrogens with one attached hydrogen (secondary N) is 1. The van der Waals surface area contributed by atoms with Gasteiger partial charge in [-0.1, -0.05) is 66.0 Å². The van der Waals surface area contributed by atoms with E-state index in [0.29, 0.717) is 27.4 Å². The largest absolute Gasteiger partial charge is 0.354 e. The SMILES string of the molecule is CCCNC(=O)C(C)N(Cc1ccc(Cl)c(Cl)c1)C(=O)CSCc1ccccc1Cl. The molecule has 0 aromatic heterocycles. The van der Waals surface area contributed by atoms with Gasteiger partial charge in [-0.2, -0.15) is 0 Å². The number of halogens is 3. The highest BCUT2D eigenvalue weighted by Crippen LogP contribution is 2.25. The van der Waals surface area contributed by atoms with Crippen LogP contribution < -0.4 is 5.32 Å². The first kappa shape index (κ1) is 24.9. The third-order valence-corrected chi connectivity index (χ3v) is 6.57. The van der Waals surface area contributed by atoms with Gasteiger partial charge in [-0.15, -0.1) is 11.8 Å². The zero-order valence-corrected chi connectivity index (χ0v) is 20.0. The van der Waals surface area contributed by atoms with E-state index < -0.39 is 6.04 Å². The number of hydrogen-bond acceptors (Lipinski definition) is 3. The Morgan fingerprint density at radius 1 is 1.07 bits per heavy atom. The molecular weight excluding hydrogens is 463 g/mol. The van der Waals surface area contributed by atoms with Crippen molar-refractivity contribution in [2.45, 2.75) is 38.6 Å². The minimum absolute atomic E-state index is 0.128. The molecule has 0 bridgehead atoms. The van der Waals surface area contributed by atoms with E-state index in [4.69, 9.17) is 34.8 Å². The lowest BCUT2D eigenvalue weighted by Crippen LogP contribution is -2.48. The molecule has 2 rings (SSSR count). The van der Waals surface area contributed by atoms with Gasteiger partial charge in [0.15, 0.2) is 0 Å². The van der Waals surface area contributed by atoms with Gasteiger partial charge >= 0.3 is 0 Å². The summed E-state index contributed by atoms with van der Waals surface area (Å²) in [6.45, 7) is 4.55. The van der Waals surface area contributed by atoms with Gasteiger partial charge in [0.2, 0.25) is 11.8 Å². The maximum atomic E-state index is 13.0. The fourth-order valence-corrected chi connectivity index (χ4v) is 4.28. The van der Waals surface area contributed by atoms with Gasteiger partial charge in [-0.25, -0.2) is 0 Å². The van der Waals surface area contributed by atoms with Gasteiger partial charge in [0.05, 0.1) is 15.8 Å². The topological polar surface area (TPSA) is 49.4 Å². The molecule has 0 saturated heterocycles. The van der Waals surface area contributed by atoms with Crippen molar-refractivity contribution >= 4 is 58.4 Å². The molecule has 0 aliphatic rings. The third kappa shape index (κ3) is 7.38. The smallest absolute Gasteiger partial charge is 0.242 e. The van der Waals surface area contributed by atoms with Crippen LogP contribution in [-0.2, 0) is 21.9 Å². The number of benzene rings is 2. The molecule has 0 heterocycles. The van der Waals surface area contributed by atoms with Crippen LogP contribution in [0.15, 0.2) is 42.5 Å². The molecule has 0 aliphatic heterocycles. The Bertz CT molecular complexity index is 879. The van der Waals surface area contributed by atoms with Crippen molar-refractivity contribution in [1.29, 1.82) is 0 Å². The molecule has 2 amide bonds. The number of amides is 2. The highest BCUT2D eigenvalue weighted by Gasteiger charge is 2.26. The molecule has 0 spiro atoms. The summed E-state index contributed by atoms with van der Waals surface area (Å²) in [4.78, 5) is 27.1. The molecule has 1 atom stereocenters. The standard InChI is InChI=1S/C22H25Cl3N2O2S/c1-3-10-26-22(29)15(2)27(12-16-8-9-19(24)20(25)11-16)21(28)14-30-13-17-6-4-5-7-18(17)23/h4-9,11,15H,3,10,12-14H2,1-2H3,(H,26,29). The predicted molar refractivity (Wildman–Crippen MR) is 127 cm³/mol. The zero-order valence-electron chi connectivity index (χ0n) is 17.0. The second-order valence-electron chi connectivity index (χ2n) is 6.82. The summed E-state index contributed by atoms with van der Waals surface area (Å²) in [5.74, 6) is 0.541. The summed E-state index contributed by atoms with van der Waals surface area (Å²) < 4.78 is 0. The van der Waals surface area contributed by atoms with E-state index in [-0.39, 0.29) is 24.1 Å². The van der Waals surface area contributed by atoms with Gasteiger partial charge < -0.3 is 10.2 Å². The number of thioether (sulfide) groups is 1. The highest BCUT2D eigenvalue weighted by atomic mass is 35.5. The molecule has 162 valence electrons. The van der Waals surface area contributed by atoms with Crippen LogP contribution >= 0.6 is 46.6 Å². The van der Waals surface area contributed by atoms with Crippen molar-refractivity contribution in [3.63, 3.8) is 0 Å². The molecule has 0 radical (unpaired) electrons. The summed E-state index contributed by atoms with van der Waals surface area (Å²) >= 11 is 19.8. The molecular formula is C22H25Cl3N2O2S. The first-order valence-electron chi connectivity index (χ1n) is 9.65. The van der Waals surface area contributed by atoms with Crippen molar-refractivity contribution in [3.05, 3.63) is 68.7 Å². The van der Waals surface area contributed by atoms with Crippen LogP contribution in [0, 0.1) is 0 Å². The molecule has 1 N–H and O–H groups in total. The summed E-state index contributed by atoms with van der Waals surface area (Å²) in [7, 11) is 0. The Hall–Kier alpha value is -1.40. The number of nitrogens with zero attached hydrogens (tertiary/aromatic N) is 1. The van der Waals surface area contributed by atoms with E-state index in [1.165, 1.54) is 11.8 Å². The van der Waals surface area contributed by atoms with Gasteiger partial charge in [0.25, 0.3) is 0 Å². The average Bonchev–Trinajstić information content (AvgIpc) is 2.73. The van der Waals surface area contributed by atoms with Crippen LogP contribution in [0.2, 0.25) is 15.1 Å². The minimum Gasteiger partial charge on any atom is -0.354 e. The van der Waals surface area contributed by atoms with Crippen LogP contribution in [0.1, 0.15) is 31.4 Å². The normalized spacial score (nSPS) is 11.8. The molecule has 2 aromatic carbocycles.